The SMILES string of the molecule is CNCCOc1cc(N2CCOCC2)cc(CN=Nc2ccc3ccccc3c2)n1. The number of aromatic nitrogens is 1. The summed E-state index contributed by atoms with van der Waals surface area (Å²) in [6.07, 6.45) is 0. The molecule has 0 atom stereocenters. The number of azo groups is 1. The van der Waals surface area contributed by atoms with Gasteiger partial charge in [0, 0.05) is 31.4 Å². The van der Waals surface area contributed by atoms with Crippen molar-refractivity contribution in [2.24, 2.45) is 10.2 Å². The molecule has 0 amide bonds. The van der Waals surface area contributed by atoms with E-state index < -0.39 is 0 Å². The van der Waals surface area contributed by atoms with Crippen molar-refractivity contribution in [3.63, 3.8) is 0 Å². The zero-order valence-electron chi connectivity index (χ0n) is 17.3. The summed E-state index contributed by atoms with van der Waals surface area (Å²) in [7, 11) is 1.90. The molecule has 1 saturated heterocycles. The summed E-state index contributed by atoms with van der Waals surface area (Å²) in [5.74, 6) is 0.616. The van der Waals surface area contributed by atoms with Crippen LogP contribution in [-0.4, -0.2) is 51.5 Å². The van der Waals surface area contributed by atoms with Gasteiger partial charge in [0.2, 0.25) is 5.88 Å². The number of ether oxygens (including phenoxy) is 2. The molecule has 0 unspecified atom stereocenters. The Morgan fingerprint density at radius 3 is 2.73 bits per heavy atom. The normalized spacial score (nSPS) is 14.5. The minimum atomic E-state index is 0.396. The van der Waals surface area contributed by atoms with Gasteiger partial charge in [0.25, 0.3) is 0 Å². The van der Waals surface area contributed by atoms with Crippen LogP contribution in [0.25, 0.3) is 10.8 Å². The Bertz CT molecular complexity index is 1000. The van der Waals surface area contributed by atoms with Gasteiger partial charge in [-0.1, -0.05) is 30.3 Å². The van der Waals surface area contributed by atoms with Crippen molar-refractivity contribution in [1.29, 1.82) is 0 Å². The maximum absolute atomic E-state index is 5.83. The lowest BCUT2D eigenvalue weighted by molar-refractivity contribution is 0.122. The van der Waals surface area contributed by atoms with Crippen LogP contribution >= 0.6 is 0 Å². The molecule has 4 rings (SSSR count). The quantitative estimate of drug-likeness (QED) is 0.454. The van der Waals surface area contributed by atoms with Gasteiger partial charge in [-0.2, -0.15) is 10.2 Å². The second kappa shape index (κ2) is 10.1. The first kappa shape index (κ1) is 20.3. The molecule has 0 radical (unpaired) electrons. The number of pyridine rings is 1. The topological polar surface area (TPSA) is 71.3 Å². The summed E-state index contributed by atoms with van der Waals surface area (Å²) in [6.45, 7) is 4.91. The van der Waals surface area contributed by atoms with Gasteiger partial charge < -0.3 is 19.7 Å². The third-order valence-corrected chi connectivity index (χ3v) is 4.97. The average Bonchev–Trinajstić information content (AvgIpc) is 2.80. The van der Waals surface area contributed by atoms with Crippen molar-refractivity contribution in [1.82, 2.24) is 10.3 Å². The second-order valence-electron chi connectivity index (χ2n) is 7.14. The molecule has 7 nitrogen and oxygen atoms in total. The number of hydrogen-bond acceptors (Lipinski definition) is 7. The summed E-state index contributed by atoms with van der Waals surface area (Å²) < 4.78 is 11.3. The van der Waals surface area contributed by atoms with Gasteiger partial charge in [-0.3, -0.25) is 0 Å². The van der Waals surface area contributed by atoms with Gasteiger partial charge >= 0.3 is 0 Å². The summed E-state index contributed by atoms with van der Waals surface area (Å²) in [4.78, 5) is 6.91. The van der Waals surface area contributed by atoms with Crippen molar-refractivity contribution < 1.29 is 9.47 Å². The van der Waals surface area contributed by atoms with Gasteiger partial charge in [0.05, 0.1) is 24.6 Å². The fourth-order valence-electron chi connectivity index (χ4n) is 3.39. The van der Waals surface area contributed by atoms with Crippen molar-refractivity contribution in [3.8, 4) is 5.88 Å². The summed E-state index contributed by atoms with van der Waals surface area (Å²) in [6, 6.07) is 18.4. The van der Waals surface area contributed by atoms with Gasteiger partial charge in [-0.15, -0.1) is 0 Å². The molecule has 2 aromatic carbocycles. The average molecular weight is 406 g/mol. The van der Waals surface area contributed by atoms with Gasteiger partial charge in [-0.05, 0) is 36.0 Å². The van der Waals surface area contributed by atoms with Crippen LogP contribution in [0, 0.1) is 0 Å². The Morgan fingerprint density at radius 1 is 1.07 bits per heavy atom. The van der Waals surface area contributed by atoms with E-state index in [0.717, 1.165) is 55.3 Å². The number of morpholine rings is 1. The minimum absolute atomic E-state index is 0.396. The zero-order chi connectivity index (χ0) is 20.6. The molecule has 1 aliphatic rings. The van der Waals surface area contributed by atoms with E-state index in [0.29, 0.717) is 19.0 Å². The molecule has 156 valence electrons. The van der Waals surface area contributed by atoms with Crippen LogP contribution in [0.3, 0.4) is 0 Å². The van der Waals surface area contributed by atoms with E-state index >= 15 is 0 Å². The molecule has 1 N–H and O–H groups in total. The van der Waals surface area contributed by atoms with Crippen molar-refractivity contribution >= 4 is 22.1 Å². The molecule has 7 heteroatoms. The maximum Gasteiger partial charge on any atom is 0.215 e. The van der Waals surface area contributed by atoms with Crippen molar-refractivity contribution in [2.75, 3.05) is 51.4 Å². The van der Waals surface area contributed by atoms with E-state index in [2.05, 4.69) is 49.7 Å². The number of anilines is 1. The van der Waals surface area contributed by atoms with E-state index in [1.165, 1.54) is 5.39 Å². The highest BCUT2D eigenvalue weighted by atomic mass is 16.5. The molecule has 0 bridgehead atoms. The van der Waals surface area contributed by atoms with Crippen LogP contribution in [0.5, 0.6) is 5.88 Å². The van der Waals surface area contributed by atoms with Gasteiger partial charge in [-0.25, -0.2) is 4.98 Å². The Labute approximate surface area is 176 Å². The molecule has 1 fully saturated rings. The molecule has 0 spiro atoms. The lowest BCUT2D eigenvalue weighted by atomic mass is 10.1. The molecule has 30 heavy (non-hydrogen) atoms. The van der Waals surface area contributed by atoms with Crippen LogP contribution in [0.1, 0.15) is 5.69 Å². The maximum atomic E-state index is 5.83. The smallest absolute Gasteiger partial charge is 0.215 e. The van der Waals surface area contributed by atoms with E-state index in [1.54, 1.807) is 0 Å². The Kier molecular flexibility index (Phi) is 6.84. The van der Waals surface area contributed by atoms with E-state index in [1.807, 2.05) is 37.4 Å². The Morgan fingerprint density at radius 2 is 1.90 bits per heavy atom. The van der Waals surface area contributed by atoms with Crippen LogP contribution < -0.4 is 15.0 Å². The molecular formula is C23H27N5O2. The summed E-state index contributed by atoms with van der Waals surface area (Å²) in [5, 5.41) is 14.2. The first-order valence-electron chi connectivity index (χ1n) is 10.3. The third-order valence-electron chi connectivity index (χ3n) is 4.97. The first-order valence-corrected chi connectivity index (χ1v) is 10.3. The highest BCUT2D eigenvalue weighted by Crippen LogP contribution is 2.24. The van der Waals surface area contributed by atoms with Crippen LogP contribution in [0.4, 0.5) is 11.4 Å². The largest absolute Gasteiger partial charge is 0.476 e. The van der Waals surface area contributed by atoms with Crippen LogP contribution in [0.15, 0.2) is 64.8 Å². The summed E-state index contributed by atoms with van der Waals surface area (Å²) >= 11 is 0. The number of benzene rings is 2. The zero-order valence-corrected chi connectivity index (χ0v) is 17.3. The molecule has 0 saturated carbocycles. The number of hydrogen-bond donors (Lipinski definition) is 1. The molecular weight excluding hydrogens is 378 g/mol. The first-order chi connectivity index (χ1) is 14.8. The van der Waals surface area contributed by atoms with Gasteiger partial charge in [0.1, 0.15) is 13.2 Å². The molecule has 1 aliphatic heterocycles. The van der Waals surface area contributed by atoms with Crippen LogP contribution in [0.2, 0.25) is 0 Å². The summed E-state index contributed by atoms with van der Waals surface area (Å²) in [5.41, 5.74) is 2.76. The highest BCUT2D eigenvalue weighted by molar-refractivity contribution is 5.85. The lowest BCUT2D eigenvalue weighted by Crippen LogP contribution is -2.36. The molecule has 2 heterocycles. The third kappa shape index (κ3) is 5.31. The fourth-order valence-corrected chi connectivity index (χ4v) is 3.39. The standard InChI is InChI=1S/C23H27N5O2/c1-24-8-11-30-23-16-22(28-9-12-29-13-10-28)15-21(26-23)17-25-27-20-7-6-18-4-2-3-5-19(18)14-20/h2-7,14-16,24H,8-13,17H2,1H3. The number of fused-ring (bicyclic) bond motifs is 1. The highest BCUT2D eigenvalue weighted by Gasteiger charge is 2.14. The molecule has 3 aromatic rings. The van der Waals surface area contributed by atoms with Gasteiger partial charge in [0.15, 0.2) is 0 Å². The van der Waals surface area contributed by atoms with E-state index in [9.17, 15) is 0 Å². The second-order valence-corrected chi connectivity index (χ2v) is 7.14. The van der Waals surface area contributed by atoms with E-state index in [-0.39, 0.29) is 0 Å². The van der Waals surface area contributed by atoms with Crippen molar-refractivity contribution in [3.05, 3.63) is 60.3 Å². The van der Waals surface area contributed by atoms with Crippen molar-refractivity contribution in [2.45, 2.75) is 6.54 Å². The lowest BCUT2D eigenvalue weighted by Gasteiger charge is -2.29. The number of nitrogens with zero attached hydrogens (tertiary/aromatic N) is 4. The number of likely N-dealkylation sites (N-methyl/N-ethyl adjacent to an activating group) is 1. The fraction of sp³-hybridized carbons (Fsp3) is 0.348. The Balaban J connectivity index is 1.50. The predicted octanol–water partition coefficient (Wildman–Crippen LogP) is 3.95. The predicted molar refractivity (Wildman–Crippen MR) is 119 cm³/mol. The molecule has 1 aromatic heterocycles. The minimum Gasteiger partial charge on any atom is -0.476 e. The van der Waals surface area contributed by atoms with Crippen LogP contribution in [-0.2, 0) is 11.3 Å². The van der Waals surface area contributed by atoms with E-state index in [4.69, 9.17) is 9.47 Å². The number of nitrogens with one attached hydrogen (secondary N) is 1. The number of rotatable bonds is 8. The monoisotopic (exact) mass is 405 g/mol. The molecule has 0 aliphatic carbocycles. The Hall–Kier alpha value is -3.03.